The average molecular weight is 191 g/mol. The summed E-state index contributed by atoms with van der Waals surface area (Å²) in [6, 6.07) is 3.35. The van der Waals surface area contributed by atoms with Gasteiger partial charge in [-0.1, -0.05) is 0 Å². The Bertz CT molecular complexity index is 351. The summed E-state index contributed by atoms with van der Waals surface area (Å²) in [5, 5.41) is 0. The van der Waals surface area contributed by atoms with Gasteiger partial charge in [-0.25, -0.2) is 0 Å². The molecule has 1 aromatic heterocycles. The van der Waals surface area contributed by atoms with Crippen LogP contribution in [0.25, 0.3) is 0 Å². The van der Waals surface area contributed by atoms with E-state index in [1.54, 1.807) is 24.3 Å². The third kappa shape index (κ3) is 0.915. The largest absolute Gasteiger partial charge is 0.333 e. The molecule has 0 bridgehead atoms. The van der Waals surface area contributed by atoms with E-state index in [1.165, 1.54) is 0 Å². The lowest BCUT2D eigenvalue weighted by molar-refractivity contribution is -0.157. The first-order valence-corrected chi connectivity index (χ1v) is 4.52. The molecule has 0 unspecified atom stereocenters. The fourth-order valence-corrected chi connectivity index (χ4v) is 1.88. The summed E-state index contributed by atoms with van der Waals surface area (Å²) in [5.41, 5.74) is 6.47. The topological polar surface area (TPSA) is 59.2 Å². The van der Waals surface area contributed by atoms with Gasteiger partial charge in [0.15, 0.2) is 0 Å². The molecule has 1 aliphatic heterocycles. The smallest absolute Gasteiger partial charge is 0.242 e. The predicted octanol–water partition coefficient (Wildman–Crippen LogP) is 0.0961. The van der Waals surface area contributed by atoms with Gasteiger partial charge in [0.2, 0.25) is 5.91 Å². The number of rotatable bonds is 1. The molecule has 0 radical (unpaired) electrons. The van der Waals surface area contributed by atoms with Gasteiger partial charge in [0, 0.05) is 19.4 Å². The van der Waals surface area contributed by atoms with Gasteiger partial charge in [0.05, 0.1) is 5.54 Å². The monoisotopic (exact) mass is 191 g/mol. The van der Waals surface area contributed by atoms with E-state index in [-0.39, 0.29) is 11.4 Å². The zero-order valence-corrected chi connectivity index (χ0v) is 8.27. The van der Waals surface area contributed by atoms with Crippen molar-refractivity contribution in [2.75, 3.05) is 7.05 Å². The lowest BCUT2D eigenvalue weighted by Gasteiger charge is -2.52. The molecule has 1 amide bonds. The maximum absolute atomic E-state index is 11.3. The molecule has 2 N–H and O–H groups in total. The molecule has 4 heteroatoms. The van der Waals surface area contributed by atoms with Crippen molar-refractivity contribution in [2.24, 2.45) is 5.73 Å². The zero-order chi connectivity index (χ0) is 10.3. The Morgan fingerprint density at radius 3 is 2.57 bits per heavy atom. The van der Waals surface area contributed by atoms with Crippen LogP contribution in [-0.4, -0.2) is 28.9 Å². The number of likely N-dealkylation sites (N-methyl/N-ethyl adjacent to an activating group) is 1. The average Bonchev–Trinajstić information content (AvgIpc) is 2.27. The summed E-state index contributed by atoms with van der Waals surface area (Å²) in [4.78, 5) is 17.0. The summed E-state index contributed by atoms with van der Waals surface area (Å²) in [5.74, 6) is -0.00990. The third-order valence-corrected chi connectivity index (χ3v) is 3.16. The number of hydrogen-bond acceptors (Lipinski definition) is 3. The second-order valence-electron chi connectivity index (χ2n) is 3.76. The Labute approximate surface area is 82.7 Å². The summed E-state index contributed by atoms with van der Waals surface area (Å²) in [6.07, 6.45) is 3.42. The minimum Gasteiger partial charge on any atom is -0.333 e. The third-order valence-electron chi connectivity index (χ3n) is 3.16. The summed E-state index contributed by atoms with van der Waals surface area (Å²) in [6.45, 7) is 1.97. The van der Waals surface area contributed by atoms with Crippen molar-refractivity contribution >= 4 is 5.91 Å². The highest BCUT2D eigenvalue weighted by atomic mass is 16.2. The number of β-lactam (4-membered cyclic amide) rings is 1. The maximum atomic E-state index is 11.3. The van der Waals surface area contributed by atoms with E-state index in [0.717, 1.165) is 5.56 Å². The van der Waals surface area contributed by atoms with E-state index in [0.29, 0.717) is 0 Å². The maximum Gasteiger partial charge on any atom is 0.242 e. The predicted molar refractivity (Wildman–Crippen MR) is 52.3 cm³/mol. The van der Waals surface area contributed by atoms with Crippen molar-refractivity contribution in [1.29, 1.82) is 0 Å². The molecule has 74 valence electrons. The lowest BCUT2D eigenvalue weighted by atomic mass is 9.76. The fraction of sp³-hybridized carbons (Fsp3) is 0.400. The standard InChI is InChI=1S/C10H13N3O/c1-10(7-3-5-12-6-4-7)8(11)9(14)13(10)2/h3-6,8H,11H2,1-2H3/t8-,10-/m0/s1. The van der Waals surface area contributed by atoms with E-state index in [1.807, 2.05) is 19.1 Å². The van der Waals surface area contributed by atoms with Gasteiger partial charge >= 0.3 is 0 Å². The highest BCUT2D eigenvalue weighted by Gasteiger charge is 2.53. The SMILES string of the molecule is CN1C(=O)[C@H](N)[C@]1(C)c1ccncc1. The number of nitrogens with two attached hydrogens (primary N) is 1. The van der Waals surface area contributed by atoms with Crippen molar-refractivity contribution in [2.45, 2.75) is 18.5 Å². The van der Waals surface area contributed by atoms with Crippen LogP contribution in [0.3, 0.4) is 0 Å². The number of carbonyl (C=O) groups excluding carboxylic acids is 1. The molecular formula is C10H13N3O. The molecule has 0 saturated carbocycles. The minimum absolute atomic E-state index is 0.00990. The molecule has 1 aliphatic rings. The molecule has 0 aliphatic carbocycles. The van der Waals surface area contributed by atoms with Gasteiger partial charge in [-0.3, -0.25) is 9.78 Å². The van der Waals surface area contributed by atoms with Crippen LogP contribution >= 0.6 is 0 Å². The van der Waals surface area contributed by atoms with E-state index >= 15 is 0 Å². The first-order valence-electron chi connectivity index (χ1n) is 4.52. The quantitative estimate of drug-likeness (QED) is 0.640. The van der Waals surface area contributed by atoms with Crippen molar-refractivity contribution in [1.82, 2.24) is 9.88 Å². The number of nitrogens with zero attached hydrogens (tertiary/aromatic N) is 2. The molecule has 1 fully saturated rings. The number of aromatic nitrogens is 1. The van der Waals surface area contributed by atoms with Crippen LogP contribution in [0.15, 0.2) is 24.5 Å². The number of likely N-dealkylation sites (tertiary alicyclic amines) is 1. The molecule has 0 aromatic carbocycles. The second-order valence-corrected chi connectivity index (χ2v) is 3.76. The molecule has 2 heterocycles. The Morgan fingerprint density at radius 1 is 1.50 bits per heavy atom. The van der Waals surface area contributed by atoms with E-state index in [2.05, 4.69) is 4.98 Å². The van der Waals surface area contributed by atoms with E-state index < -0.39 is 6.04 Å². The zero-order valence-electron chi connectivity index (χ0n) is 8.27. The van der Waals surface area contributed by atoms with Gasteiger partial charge in [0.1, 0.15) is 6.04 Å². The molecule has 14 heavy (non-hydrogen) atoms. The fourth-order valence-electron chi connectivity index (χ4n) is 1.88. The second kappa shape index (κ2) is 2.78. The Morgan fingerprint density at radius 2 is 2.07 bits per heavy atom. The lowest BCUT2D eigenvalue weighted by Crippen LogP contribution is -2.72. The molecule has 1 aromatic rings. The number of pyridine rings is 1. The van der Waals surface area contributed by atoms with Gasteiger partial charge in [-0.2, -0.15) is 0 Å². The van der Waals surface area contributed by atoms with Crippen LogP contribution in [0, 0.1) is 0 Å². The van der Waals surface area contributed by atoms with Crippen LogP contribution in [-0.2, 0) is 10.3 Å². The molecule has 0 spiro atoms. The van der Waals surface area contributed by atoms with Crippen LogP contribution in [0.4, 0.5) is 0 Å². The van der Waals surface area contributed by atoms with Crippen LogP contribution < -0.4 is 5.73 Å². The molecular weight excluding hydrogens is 178 g/mol. The summed E-state index contributed by atoms with van der Waals surface area (Å²) >= 11 is 0. The number of hydrogen-bond donors (Lipinski definition) is 1. The number of amides is 1. The van der Waals surface area contributed by atoms with Crippen LogP contribution in [0.2, 0.25) is 0 Å². The van der Waals surface area contributed by atoms with Crippen LogP contribution in [0.5, 0.6) is 0 Å². The van der Waals surface area contributed by atoms with Gasteiger partial charge in [-0.05, 0) is 24.6 Å². The minimum atomic E-state index is -0.435. The Hall–Kier alpha value is -1.42. The summed E-state index contributed by atoms with van der Waals surface area (Å²) < 4.78 is 0. The molecule has 1 saturated heterocycles. The highest BCUT2D eigenvalue weighted by molar-refractivity contribution is 5.91. The van der Waals surface area contributed by atoms with Crippen molar-refractivity contribution < 1.29 is 4.79 Å². The van der Waals surface area contributed by atoms with Gasteiger partial charge < -0.3 is 10.6 Å². The molecule has 4 nitrogen and oxygen atoms in total. The molecule has 2 atom stereocenters. The van der Waals surface area contributed by atoms with Gasteiger partial charge in [-0.15, -0.1) is 0 Å². The first-order chi connectivity index (χ1) is 6.58. The summed E-state index contributed by atoms with van der Waals surface area (Å²) in [7, 11) is 1.77. The highest BCUT2D eigenvalue weighted by Crippen LogP contribution is 2.38. The van der Waals surface area contributed by atoms with E-state index in [4.69, 9.17) is 5.73 Å². The van der Waals surface area contributed by atoms with Crippen molar-refractivity contribution in [3.63, 3.8) is 0 Å². The van der Waals surface area contributed by atoms with Gasteiger partial charge in [0.25, 0.3) is 0 Å². The molecule has 2 rings (SSSR count). The number of carbonyl (C=O) groups is 1. The van der Waals surface area contributed by atoms with Crippen molar-refractivity contribution in [3.8, 4) is 0 Å². The Balaban J connectivity index is 2.40. The van der Waals surface area contributed by atoms with Crippen molar-refractivity contribution in [3.05, 3.63) is 30.1 Å². The van der Waals surface area contributed by atoms with E-state index in [9.17, 15) is 4.79 Å². The van der Waals surface area contributed by atoms with Crippen LogP contribution in [0.1, 0.15) is 12.5 Å². The first kappa shape index (κ1) is 9.15. The normalized spacial score (nSPS) is 31.5. The Kier molecular flexibility index (Phi) is 1.82.